The van der Waals surface area contributed by atoms with Crippen LogP contribution in [-0.4, -0.2) is 69.9 Å². The highest BCUT2D eigenvalue weighted by molar-refractivity contribution is 5.93. The van der Waals surface area contributed by atoms with E-state index in [-0.39, 0.29) is 36.2 Å². The molecular weight excluding hydrogens is 939 g/mol. The normalized spacial score (nSPS) is 16.8. The van der Waals surface area contributed by atoms with E-state index in [1.54, 1.807) is 108 Å². The standard InChI is InChI=1S/C31H35FN2O6.C26H27FN2O4/c1-30(2,3)40-29(36)34-14-13-20-15-26(38-6)27(39-24-12-7-9-21(32)16-24)18-25(20)31(34,4)19-28(35)33-22-10-8-11-23(17-22)37-5;1-26(16-25(30)29-19-7-5-8-20(14-19)31-2)22-15-24(33-21-9-4-6-18(27)13-21)23(32-3)12-17(22)10-11-28-26/h7-12,15-18H,13-14,19H2,1-6H3,(H,33,35);4-9,12-15,28H,10-11,16H2,1-3H3,(H,29,30)/t31-;26-/m11/s1. The Morgan fingerprint density at radius 3 is 1.56 bits per heavy atom. The van der Waals surface area contributed by atoms with E-state index in [2.05, 4.69) is 16.0 Å². The van der Waals surface area contributed by atoms with E-state index in [0.29, 0.717) is 70.2 Å². The highest BCUT2D eigenvalue weighted by Gasteiger charge is 2.45. The zero-order valence-electron chi connectivity index (χ0n) is 42.6. The Balaban J connectivity index is 0.000000218. The molecule has 0 aromatic heterocycles. The Bertz CT molecular complexity index is 2960. The van der Waals surface area contributed by atoms with Crippen molar-refractivity contribution in [2.24, 2.45) is 0 Å². The molecule has 2 atom stereocenters. The molecule has 14 nitrogen and oxygen atoms in total. The number of nitrogens with zero attached hydrogens (tertiary/aromatic N) is 1. The van der Waals surface area contributed by atoms with Crippen molar-refractivity contribution in [2.45, 2.75) is 77.0 Å². The van der Waals surface area contributed by atoms with Crippen LogP contribution in [0.2, 0.25) is 0 Å². The first-order valence-corrected chi connectivity index (χ1v) is 23.7. The molecule has 0 bridgehead atoms. The largest absolute Gasteiger partial charge is 0.497 e. The van der Waals surface area contributed by atoms with Gasteiger partial charge in [0.1, 0.15) is 40.2 Å². The Morgan fingerprint density at radius 1 is 0.589 bits per heavy atom. The molecule has 3 amide bonds. The number of rotatable bonds is 14. The SMILES string of the molecule is COc1cccc(NC(=O)C[C@@]2(C)NCCc3cc(OC)c(Oc4cccc(F)c4)cc32)c1.COc1cccc(NC(=O)C[C@]2(C)c3cc(Oc4cccc(F)c4)c(OC)cc3CCN2C(=O)OC(C)(C)C)c1. The Hall–Kier alpha value is -7.85. The minimum absolute atomic E-state index is 0.0673. The van der Waals surface area contributed by atoms with Gasteiger partial charge >= 0.3 is 6.09 Å². The van der Waals surface area contributed by atoms with E-state index in [1.807, 2.05) is 50.2 Å². The Kier molecular flexibility index (Phi) is 16.5. The molecule has 0 saturated heterocycles. The molecule has 16 heteroatoms. The van der Waals surface area contributed by atoms with Gasteiger partial charge in [0.25, 0.3) is 0 Å². The van der Waals surface area contributed by atoms with Gasteiger partial charge in [0, 0.05) is 60.7 Å². The molecule has 0 saturated carbocycles. The van der Waals surface area contributed by atoms with Crippen molar-refractivity contribution in [3.8, 4) is 46.0 Å². The summed E-state index contributed by atoms with van der Waals surface area (Å²) in [6.07, 6.45) is 0.917. The monoisotopic (exact) mass is 1000 g/mol. The van der Waals surface area contributed by atoms with Crippen molar-refractivity contribution in [3.63, 3.8) is 0 Å². The molecular formula is C57H62F2N4O10. The topological polar surface area (TPSA) is 155 Å². The van der Waals surface area contributed by atoms with Gasteiger partial charge in [-0.05, 0) is 143 Å². The molecule has 2 aliphatic heterocycles. The number of anilines is 2. The predicted octanol–water partition coefficient (Wildman–Crippen LogP) is 11.7. The van der Waals surface area contributed by atoms with Crippen molar-refractivity contribution in [1.29, 1.82) is 0 Å². The van der Waals surface area contributed by atoms with Crippen LogP contribution in [0.25, 0.3) is 0 Å². The van der Waals surface area contributed by atoms with Crippen LogP contribution in [-0.2, 0) is 38.2 Å². The van der Waals surface area contributed by atoms with Crippen LogP contribution in [0.15, 0.2) is 121 Å². The second-order valence-corrected chi connectivity index (χ2v) is 19.0. The number of ether oxygens (including phenoxy) is 7. The summed E-state index contributed by atoms with van der Waals surface area (Å²) < 4.78 is 66.9. The third-order valence-corrected chi connectivity index (χ3v) is 12.5. The summed E-state index contributed by atoms with van der Waals surface area (Å²) in [5.41, 5.74) is 2.41. The van der Waals surface area contributed by atoms with E-state index in [9.17, 15) is 23.2 Å². The first-order chi connectivity index (χ1) is 34.8. The third-order valence-electron chi connectivity index (χ3n) is 12.5. The average molecular weight is 1000 g/mol. The molecule has 6 aromatic carbocycles. The predicted molar refractivity (Wildman–Crippen MR) is 274 cm³/mol. The molecule has 0 fully saturated rings. The lowest BCUT2D eigenvalue weighted by Crippen LogP contribution is -2.54. The second-order valence-electron chi connectivity index (χ2n) is 19.0. The fraction of sp³-hybridized carbons (Fsp3) is 0.316. The molecule has 0 radical (unpaired) electrons. The lowest BCUT2D eigenvalue weighted by Gasteiger charge is -2.46. The summed E-state index contributed by atoms with van der Waals surface area (Å²) >= 11 is 0. The van der Waals surface area contributed by atoms with Gasteiger partial charge in [-0.2, -0.15) is 0 Å². The molecule has 2 aliphatic rings. The number of amides is 3. The van der Waals surface area contributed by atoms with Gasteiger partial charge in [0.05, 0.1) is 40.4 Å². The van der Waals surface area contributed by atoms with Crippen LogP contribution in [0.5, 0.6) is 46.0 Å². The number of benzene rings is 6. The van der Waals surface area contributed by atoms with E-state index < -0.39 is 28.6 Å². The van der Waals surface area contributed by atoms with Crippen LogP contribution in [0.3, 0.4) is 0 Å². The molecule has 384 valence electrons. The summed E-state index contributed by atoms with van der Waals surface area (Å²) in [5.74, 6) is 2.48. The molecule has 2 heterocycles. The van der Waals surface area contributed by atoms with Crippen molar-refractivity contribution in [3.05, 3.63) is 155 Å². The summed E-state index contributed by atoms with van der Waals surface area (Å²) in [6, 6.07) is 33.4. The maximum Gasteiger partial charge on any atom is 0.411 e. The molecule has 0 aliphatic carbocycles. The summed E-state index contributed by atoms with van der Waals surface area (Å²) in [7, 11) is 6.23. The summed E-state index contributed by atoms with van der Waals surface area (Å²) in [4.78, 5) is 41.4. The second kappa shape index (κ2) is 22.7. The van der Waals surface area contributed by atoms with Crippen LogP contribution in [0.1, 0.15) is 69.7 Å². The minimum atomic E-state index is -1.11. The lowest BCUT2D eigenvalue weighted by molar-refractivity contribution is -0.119. The number of hydrogen-bond donors (Lipinski definition) is 3. The highest BCUT2D eigenvalue weighted by atomic mass is 19.1. The molecule has 73 heavy (non-hydrogen) atoms. The molecule has 0 spiro atoms. The highest BCUT2D eigenvalue weighted by Crippen LogP contribution is 2.46. The summed E-state index contributed by atoms with van der Waals surface area (Å²) in [6.45, 7) is 10.3. The van der Waals surface area contributed by atoms with Gasteiger partial charge in [-0.25, -0.2) is 13.6 Å². The van der Waals surface area contributed by atoms with Gasteiger partial charge < -0.3 is 49.1 Å². The number of fused-ring (bicyclic) bond motifs is 2. The molecule has 8 rings (SSSR count). The number of methoxy groups -OCH3 is 4. The zero-order valence-corrected chi connectivity index (χ0v) is 42.6. The quantitative estimate of drug-likeness (QED) is 0.0955. The lowest BCUT2D eigenvalue weighted by atomic mass is 9.79. The smallest absolute Gasteiger partial charge is 0.411 e. The van der Waals surface area contributed by atoms with Crippen molar-refractivity contribution >= 4 is 29.3 Å². The molecule has 3 N–H and O–H groups in total. The van der Waals surface area contributed by atoms with Gasteiger partial charge in [-0.3, -0.25) is 14.5 Å². The number of halogens is 2. The van der Waals surface area contributed by atoms with Crippen molar-refractivity contribution in [1.82, 2.24) is 10.2 Å². The van der Waals surface area contributed by atoms with E-state index in [1.165, 1.54) is 31.4 Å². The maximum atomic E-state index is 13.9. The third kappa shape index (κ3) is 13.2. The molecule has 6 aromatic rings. The number of carbonyl (C=O) groups excluding carboxylic acids is 3. The minimum Gasteiger partial charge on any atom is -0.497 e. The van der Waals surface area contributed by atoms with E-state index >= 15 is 0 Å². The maximum absolute atomic E-state index is 13.9. The van der Waals surface area contributed by atoms with E-state index in [4.69, 9.17) is 33.2 Å². The van der Waals surface area contributed by atoms with Crippen molar-refractivity contribution < 1.29 is 56.3 Å². The number of hydrogen-bond acceptors (Lipinski definition) is 11. The number of nitrogens with one attached hydrogen (secondary N) is 3. The fourth-order valence-corrected chi connectivity index (χ4v) is 9.02. The fourth-order valence-electron chi connectivity index (χ4n) is 9.02. The zero-order chi connectivity index (χ0) is 52.5. The van der Waals surface area contributed by atoms with Crippen LogP contribution < -0.4 is 44.4 Å². The van der Waals surface area contributed by atoms with Crippen molar-refractivity contribution in [2.75, 3.05) is 52.2 Å². The van der Waals surface area contributed by atoms with Crippen LogP contribution >= 0.6 is 0 Å². The summed E-state index contributed by atoms with van der Waals surface area (Å²) in [5, 5.41) is 9.35. The molecule has 0 unspecified atom stereocenters. The van der Waals surface area contributed by atoms with Crippen LogP contribution in [0.4, 0.5) is 25.0 Å². The Morgan fingerprint density at radius 2 is 1.07 bits per heavy atom. The number of carbonyl (C=O) groups is 3. The van der Waals surface area contributed by atoms with Gasteiger partial charge in [-0.15, -0.1) is 0 Å². The van der Waals surface area contributed by atoms with Gasteiger partial charge in [-0.1, -0.05) is 24.3 Å². The van der Waals surface area contributed by atoms with E-state index in [0.717, 1.165) is 29.7 Å². The first kappa shape index (κ1) is 53.0. The average Bonchev–Trinajstić information content (AvgIpc) is 3.33. The Labute approximate surface area is 424 Å². The van der Waals surface area contributed by atoms with Gasteiger partial charge in [0.15, 0.2) is 23.0 Å². The van der Waals surface area contributed by atoms with Gasteiger partial charge in [0.2, 0.25) is 11.8 Å². The first-order valence-electron chi connectivity index (χ1n) is 23.7. The van der Waals surface area contributed by atoms with Crippen LogP contribution in [0, 0.1) is 11.6 Å².